The van der Waals surface area contributed by atoms with E-state index in [1.165, 1.54) is 10.9 Å². The Morgan fingerprint density at radius 3 is 2.43 bits per heavy atom. The van der Waals surface area contributed by atoms with Crippen molar-refractivity contribution in [1.82, 2.24) is 44.1 Å². The van der Waals surface area contributed by atoms with E-state index in [1.807, 2.05) is 0 Å². The van der Waals surface area contributed by atoms with Crippen LogP contribution < -0.4 is 22.1 Å². The Bertz CT molecular complexity index is 1960. The normalized spacial score (nSPS) is 37.1. The van der Waals surface area contributed by atoms with Crippen molar-refractivity contribution in [3.63, 3.8) is 0 Å². The topological polar surface area (TPSA) is 312 Å². The van der Waals surface area contributed by atoms with E-state index in [0.717, 1.165) is 17.2 Å². The molecular weight excluding hydrogens is 663 g/mol. The summed E-state index contributed by atoms with van der Waals surface area (Å²) in [6.07, 6.45) is -6.24. The quantitative estimate of drug-likeness (QED) is 0.120. The Morgan fingerprint density at radius 2 is 1.67 bits per heavy atom. The number of imidazole rings is 2. The number of H-pyrrole nitrogens is 1. The summed E-state index contributed by atoms with van der Waals surface area (Å²) in [6, 6.07) is -1.28. The molecule has 248 valence electrons. The third kappa shape index (κ3) is 5.38. The van der Waals surface area contributed by atoms with Gasteiger partial charge in [-0.25, -0.2) is 38.5 Å². The highest BCUT2D eigenvalue weighted by molar-refractivity contribution is 7.50. The van der Waals surface area contributed by atoms with Gasteiger partial charge in [0.2, 0.25) is 5.95 Å². The van der Waals surface area contributed by atoms with Crippen LogP contribution in [0.25, 0.3) is 22.3 Å². The maximum absolute atomic E-state index is 16.0. The lowest BCUT2D eigenvalue weighted by atomic mass is 9.98. The van der Waals surface area contributed by atoms with Gasteiger partial charge in [0.25, 0.3) is 5.56 Å². The van der Waals surface area contributed by atoms with Crippen molar-refractivity contribution in [1.29, 1.82) is 0 Å². The van der Waals surface area contributed by atoms with Crippen LogP contribution in [0.15, 0.2) is 23.8 Å². The Kier molecular flexibility index (Phi) is 7.68. The Balaban J connectivity index is 1.22. The Labute approximate surface area is 255 Å². The molecule has 10 unspecified atom stereocenters. The smallest absolute Gasteiger partial charge is 0.396 e. The number of nitrogens with zero attached hydrogens (tertiary/aromatic N) is 7. The molecule has 10 atom stereocenters. The van der Waals surface area contributed by atoms with Crippen LogP contribution in [0.2, 0.25) is 0 Å². The zero-order valence-corrected chi connectivity index (χ0v) is 24.9. The number of aromatic amines is 1. The number of hydrogen-bond donors (Lipinski definition) is 7. The second kappa shape index (κ2) is 11.3. The predicted octanol–water partition coefficient (Wildman–Crippen LogP) is -1.54. The molecule has 0 spiro atoms. The molecule has 22 nitrogen and oxygen atoms in total. The molecule has 4 aromatic heterocycles. The Hall–Kier alpha value is -3.47. The molecule has 0 amide bonds. The van der Waals surface area contributed by atoms with E-state index >= 15 is 4.39 Å². The summed E-state index contributed by atoms with van der Waals surface area (Å²) >= 11 is 0. The minimum Gasteiger partial charge on any atom is -0.396 e. The number of aliphatic hydroxyl groups is 1. The highest BCUT2D eigenvalue weighted by Gasteiger charge is 2.54. The summed E-state index contributed by atoms with van der Waals surface area (Å²) in [5, 5.41) is 12.7. The van der Waals surface area contributed by atoms with Crippen molar-refractivity contribution < 1.29 is 51.5 Å². The van der Waals surface area contributed by atoms with Crippen LogP contribution in [0.1, 0.15) is 12.5 Å². The predicted molar refractivity (Wildman–Crippen MR) is 149 cm³/mol. The molecule has 7 rings (SSSR count). The van der Waals surface area contributed by atoms with Crippen molar-refractivity contribution in [2.24, 2.45) is 5.92 Å². The van der Waals surface area contributed by atoms with E-state index in [4.69, 9.17) is 34.5 Å². The van der Waals surface area contributed by atoms with E-state index in [1.54, 1.807) is 0 Å². The number of nitrogen functional groups attached to an aromatic ring is 2. The van der Waals surface area contributed by atoms with E-state index in [-0.39, 0.29) is 34.1 Å². The fourth-order valence-corrected chi connectivity index (χ4v) is 7.79. The molecule has 46 heavy (non-hydrogen) atoms. The Morgan fingerprint density at radius 1 is 0.978 bits per heavy atom. The molecule has 25 heteroatoms. The van der Waals surface area contributed by atoms with Crippen LogP contribution in [-0.4, -0.2) is 104 Å². The van der Waals surface area contributed by atoms with Crippen LogP contribution in [0, 0.1) is 5.92 Å². The van der Waals surface area contributed by atoms with Crippen molar-refractivity contribution in [2.75, 3.05) is 31.3 Å². The van der Waals surface area contributed by atoms with Crippen LogP contribution >= 0.6 is 15.6 Å². The number of ether oxygens (including phenoxy) is 2. The van der Waals surface area contributed by atoms with Crippen molar-refractivity contribution in [3.05, 3.63) is 29.3 Å². The molecule has 3 fully saturated rings. The molecule has 0 radical (unpaired) electrons. The second-order valence-electron chi connectivity index (χ2n) is 10.6. The average molecular weight is 689 g/mol. The van der Waals surface area contributed by atoms with E-state index in [9.17, 15) is 28.8 Å². The van der Waals surface area contributed by atoms with Gasteiger partial charge in [-0.15, -0.1) is 0 Å². The highest BCUT2D eigenvalue weighted by Crippen LogP contribution is 2.52. The van der Waals surface area contributed by atoms with Gasteiger partial charge in [0.1, 0.15) is 24.1 Å². The number of rotatable bonds is 3. The number of alkyl halides is 1. The highest BCUT2D eigenvalue weighted by atomic mass is 31.2. The third-order valence-electron chi connectivity index (χ3n) is 7.81. The van der Waals surface area contributed by atoms with Gasteiger partial charge in [-0.3, -0.25) is 32.5 Å². The largest absolute Gasteiger partial charge is 0.472 e. The molecule has 3 aliphatic rings. The summed E-state index contributed by atoms with van der Waals surface area (Å²) in [7, 11) is -9.97. The summed E-state index contributed by atoms with van der Waals surface area (Å²) in [5.41, 5.74) is 10.8. The van der Waals surface area contributed by atoms with Crippen molar-refractivity contribution in [2.45, 2.75) is 43.0 Å². The van der Waals surface area contributed by atoms with Gasteiger partial charge in [-0.1, -0.05) is 0 Å². The van der Waals surface area contributed by atoms with Gasteiger partial charge in [0.15, 0.2) is 41.3 Å². The summed E-state index contributed by atoms with van der Waals surface area (Å²) in [6.45, 7) is -2.23. The molecule has 2 bridgehead atoms. The zero-order chi connectivity index (χ0) is 32.5. The lowest BCUT2D eigenvalue weighted by Gasteiger charge is -2.27. The zero-order valence-electron chi connectivity index (χ0n) is 23.1. The fraction of sp³-hybridized carbons (Fsp3) is 0.524. The number of phosphoric ester groups is 1. The third-order valence-corrected chi connectivity index (χ3v) is 9.92. The van der Waals surface area contributed by atoms with Crippen molar-refractivity contribution >= 4 is 49.7 Å². The summed E-state index contributed by atoms with van der Waals surface area (Å²) < 4.78 is 72.3. The van der Waals surface area contributed by atoms with Gasteiger partial charge in [0, 0.05) is 5.92 Å². The first-order valence-electron chi connectivity index (χ1n) is 13.5. The lowest BCUT2D eigenvalue weighted by molar-refractivity contribution is -0.0523. The minimum absolute atomic E-state index is 0.00549. The number of phosphoric acid groups is 1. The minimum atomic E-state index is -5.11. The first-order chi connectivity index (χ1) is 21.9. The maximum Gasteiger partial charge on any atom is 0.472 e. The molecule has 9 N–H and O–H groups in total. The summed E-state index contributed by atoms with van der Waals surface area (Å²) in [5.74, 6) is -1.33. The van der Waals surface area contributed by atoms with E-state index in [2.05, 4.69) is 35.0 Å². The van der Waals surface area contributed by atoms with Crippen LogP contribution in [0.3, 0.4) is 0 Å². The monoisotopic (exact) mass is 689 g/mol. The molecule has 7 heterocycles. The number of fused-ring (bicyclic) bond motifs is 5. The number of anilines is 2. The molecule has 3 saturated heterocycles. The number of hydrogen-bond acceptors (Lipinski definition) is 16. The van der Waals surface area contributed by atoms with Gasteiger partial charge < -0.3 is 35.8 Å². The summed E-state index contributed by atoms with van der Waals surface area (Å²) in [4.78, 5) is 56.2. The first kappa shape index (κ1) is 31.1. The number of nitrogens with one attached hydrogen (secondary N) is 2. The number of aromatic nitrogens is 8. The van der Waals surface area contributed by atoms with E-state index in [0.29, 0.717) is 0 Å². The lowest BCUT2D eigenvalue weighted by Crippen LogP contribution is -2.41. The fourth-order valence-electron chi connectivity index (χ4n) is 5.72. The second-order valence-corrected chi connectivity index (χ2v) is 13.5. The van der Waals surface area contributed by atoms with E-state index < -0.39 is 89.8 Å². The standard InChI is InChI=1S/C21H26FN11O11P2/c22-10-14-9(43-19(10)32-5-27-12-15(23)25-4-26-16(12)32)3-40-45(36,37)31-11-7(1-34)8(2-41-46(38,39)44-14)42-20(11)33-6-28-13-17(33)29-21(24)30-18(13)35/h4-11,14,19-20,34H,1-3H2,(H,38,39)(H2,23,25,26)(H2,31,36,37)(H3,24,29,30,35). The number of aliphatic hydroxyl groups excluding tert-OH is 1. The number of halogens is 1. The molecule has 0 aliphatic carbocycles. The number of nitrogens with two attached hydrogens (primary N) is 2. The van der Waals surface area contributed by atoms with Crippen LogP contribution in [-0.2, 0) is 32.2 Å². The van der Waals surface area contributed by atoms with Gasteiger partial charge in [0.05, 0.1) is 44.6 Å². The molecular formula is C21H26FN11O11P2. The van der Waals surface area contributed by atoms with Crippen LogP contribution in [0.5, 0.6) is 0 Å². The molecule has 3 aliphatic heterocycles. The molecule has 0 aromatic carbocycles. The van der Waals surface area contributed by atoms with Crippen molar-refractivity contribution in [3.8, 4) is 0 Å². The van der Waals surface area contributed by atoms with Gasteiger partial charge in [-0.05, 0) is 0 Å². The van der Waals surface area contributed by atoms with Gasteiger partial charge >= 0.3 is 15.6 Å². The SMILES string of the molecule is Nc1nc2c(ncn2C2OC3COP(=O)(O)OC4C(COP(=O)(O)NC2C3CO)OC(n2cnc3c(N)ncnc32)C4F)c(=O)[nH]1. The molecule has 4 aromatic rings. The maximum atomic E-state index is 16.0. The average Bonchev–Trinajstić information content (AvgIpc) is 3.75. The van der Waals surface area contributed by atoms with Crippen LogP contribution in [0.4, 0.5) is 16.2 Å². The first-order valence-corrected chi connectivity index (χ1v) is 16.5. The molecule has 0 saturated carbocycles. The van der Waals surface area contributed by atoms with Gasteiger partial charge in [-0.2, -0.15) is 4.98 Å².